The first-order chi connectivity index (χ1) is 8.61. The van der Waals surface area contributed by atoms with E-state index in [4.69, 9.17) is 5.73 Å². The van der Waals surface area contributed by atoms with Crippen molar-refractivity contribution in [1.82, 2.24) is 4.90 Å². The molecule has 2 N–H and O–H groups in total. The van der Waals surface area contributed by atoms with Gasteiger partial charge >= 0.3 is 0 Å². The number of aryl methyl sites for hydroxylation is 1. The van der Waals surface area contributed by atoms with Gasteiger partial charge in [0.15, 0.2) is 0 Å². The fraction of sp³-hybridized carbons (Fsp3) is 0.600. The summed E-state index contributed by atoms with van der Waals surface area (Å²) in [6.07, 6.45) is 2.64. The highest BCUT2D eigenvalue weighted by Crippen LogP contribution is 2.23. The van der Waals surface area contributed by atoms with E-state index in [-0.39, 0.29) is 0 Å². The Labute approximate surface area is 111 Å². The molecule has 0 amide bonds. The van der Waals surface area contributed by atoms with Gasteiger partial charge in [-0.3, -0.25) is 0 Å². The molecular formula is C15H25N3. The lowest BCUT2D eigenvalue weighted by Gasteiger charge is -2.29. The number of likely N-dealkylation sites (N-methyl/N-ethyl adjacent to an activating group) is 2. The minimum atomic E-state index is 0.613. The predicted molar refractivity (Wildman–Crippen MR) is 78.0 cm³/mol. The molecule has 2 rings (SSSR count). The van der Waals surface area contributed by atoms with Crippen LogP contribution in [0.2, 0.25) is 0 Å². The lowest BCUT2D eigenvalue weighted by Crippen LogP contribution is -2.37. The molecule has 1 aliphatic heterocycles. The Morgan fingerprint density at radius 3 is 2.83 bits per heavy atom. The largest absolute Gasteiger partial charge is 0.373 e. The van der Waals surface area contributed by atoms with E-state index in [2.05, 4.69) is 49.0 Å². The van der Waals surface area contributed by atoms with Crippen LogP contribution < -0.4 is 10.6 Å². The van der Waals surface area contributed by atoms with Gasteiger partial charge in [0, 0.05) is 31.9 Å². The summed E-state index contributed by atoms with van der Waals surface area (Å²) in [5.74, 6) is 0. The van der Waals surface area contributed by atoms with Gasteiger partial charge in [-0.1, -0.05) is 17.7 Å². The summed E-state index contributed by atoms with van der Waals surface area (Å²) in [5.41, 5.74) is 9.67. The minimum Gasteiger partial charge on any atom is -0.373 e. The van der Waals surface area contributed by atoms with E-state index >= 15 is 0 Å². The molecule has 1 heterocycles. The van der Waals surface area contributed by atoms with Crippen molar-refractivity contribution in [3.63, 3.8) is 0 Å². The molecule has 0 bridgehead atoms. The van der Waals surface area contributed by atoms with Gasteiger partial charge in [-0.15, -0.1) is 0 Å². The molecular weight excluding hydrogens is 222 g/mol. The van der Waals surface area contributed by atoms with Gasteiger partial charge in [-0.2, -0.15) is 0 Å². The highest BCUT2D eigenvalue weighted by molar-refractivity contribution is 5.54. The zero-order valence-corrected chi connectivity index (χ0v) is 11.8. The average molecular weight is 247 g/mol. The summed E-state index contributed by atoms with van der Waals surface area (Å²) < 4.78 is 0. The van der Waals surface area contributed by atoms with Gasteiger partial charge in [0.2, 0.25) is 0 Å². The molecule has 100 valence electrons. The summed E-state index contributed by atoms with van der Waals surface area (Å²) in [6.45, 7) is 5.05. The molecule has 1 aliphatic rings. The lowest BCUT2D eigenvalue weighted by atomic mass is 10.1. The molecule has 3 nitrogen and oxygen atoms in total. The highest BCUT2D eigenvalue weighted by Gasteiger charge is 2.22. The van der Waals surface area contributed by atoms with E-state index in [1.165, 1.54) is 36.2 Å². The number of hydrogen-bond acceptors (Lipinski definition) is 3. The van der Waals surface area contributed by atoms with Gasteiger partial charge in [-0.25, -0.2) is 0 Å². The first-order valence-electron chi connectivity index (χ1n) is 6.83. The van der Waals surface area contributed by atoms with Crippen LogP contribution in [-0.4, -0.2) is 38.1 Å². The summed E-state index contributed by atoms with van der Waals surface area (Å²) in [4.78, 5) is 4.82. The van der Waals surface area contributed by atoms with Gasteiger partial charge in [0.05, 0.1) is 0 Å². The maximum atomic E-state index is 5.86. The standard InChI is InChI=1S/C15H25N3/c1-12-6-7-15(13(9-12)10-16)18(3)11-14-5-4-8-17(14)2/h6-7,9,14H,4-5,8,10-11,16H2,1-3H3. The molecule has 3 heteroatoms. The SMILES string of the molecule is Cc1ccc(N(C)CC2CCCN2C)c(CN)c1. The van der Waals surface area contributed by atoms with Crippen LogP contribution in [0.15, 0.2) is 18.2 Å². The Morgan fingerprint density at radius 1 is 1.44 bits per heavy atom. The van der Waals surface area contributed by atoms with Crippen molar-refractivity contribution >= 4 is 5.69 Å². The third-order valence-electron chi connectivity index (χ3n) is 4.02. The Bertz CT molecular complexity index is 403. The zero-order valence-electron chi connectivity index (χ0n) is 11.8. The molecule has 0 spiro atoms. The van der Waals surface area contributed by atoms with Gasteiger partial charge in [0.1, 0.15) is 0 Å². The highest BCUT2D eigenvalue weighted by atomic mass is 15.2. The van der Waals surface area contributed by atoms with E-state index in [9.17, 15) is 0 Å². The summed E-state index contributed by atoms with van der Waals surface area (Å²) in [5, 5.41) is 0. The third kappa shape index (κ3) is 2.85. The summed E-state index contributed by atoms with van der Waals surface area (Å²) in [7, 11) is 4.40. The number of benzene rings is 1. The summed E-state index contributed by atoms with van der Waals surface area (Å²) >= 11 is 0. The van der Waals surface area contributed by atoms with Crippen molar-refractivity contribution in [2.75, 3.05) is 32.1 Å². The number of nitrogens with two attached hydrogens (primary N) is 1. The zero-order chi connectivity index (χ0) is 13.1. The number of likely N-dealkylation sites (tertiary alicyclic amines) is 1. The fourth-order valence-electron chi connectivity index (χ4n) is 2.87. The lowest BCUT2D eigenvalue weighted by molar-refractivity contribution is 0.314. The van der Waals surface area contributed by atoms with Crippen molar-refractivity contribution in [3.8, 4) is 0 Å². The predicted octanol–water partition coefficient (Wildman–Crippen LogP) is 1.98. The Morgan fingerprint density at radius 2 is 2.22 bits per heavy atom. The molecule has 1 aromatic carbocycles. The molecule has 1 aromatic rings. The fourth-order valence-corrected chi connectivity index (χ4v) is 2.87. The first kappa shape index (κ1) is 13.4. The van der Waals surface area contributed by atoms with E-state index < -0.39 is 0 Å². The molecule has 1 atom stereocenters. The first-order valence-corrected chi connectivity index (χ1v) is 6.83. The number of nitrogens with zero attached hydrogens (tertiary/aromatic N) is 2. The van der Waals surface area contributed by atoms with Crippen LogP contribution in [0.5, 0.6) is 0 Å². The van der Waals surface area contributed by atoms with E-state index in [0.29, 0.717) is 12.6 Å². The molecule has 18 heavy (non-hydrogen) atoms. The van der Waals surface area contributed by atoms with Crippen molar-refractivity contribution in [1.29, 1.82) is 0 Å². The average Bonchev–Trinajstić information content (AvgIpc) is 2.74. The molecule has 1 unspecified atom stereocenters. The van der Waals surface area contributed by atoms with E-state index in [0.717, 1.165) is 6.54 Å². The molecule has 0 radical (unpaired) electrons. The topological polar surface area (TPSA) is 32.5 Å². The second-order valence-electron chi connectivity index (χ2n) is 5.49. The normalized spacial score (nSPS) is 20.3. The van der Waals surface area contributed by atoms with E-state index in [1.54, 1.807) is 0 Å². The van der Waals surface area contributed by atoms with Crippen LogP contribution in [0.4, 0.5) is 5.69 Å². The second kappa shape index (κ2) is 5.72. The molecule has 1 fully saturated rings. The number of anilines is 1. The van der Waals surface area contributed by atoms with Crippen molar-refractivity contribution in [2.45, 2.75) is 32.4 Å². The Kier molecular flexibility index (Phi) is 4.25. The third-order valence-corrected chi connectivity index (χ3v) is 4.02. The Hall–Kier alpha value is -1.06. The van der Waals surface area contributed by atoms with Crippen LogP contribution in [0.3, 0.4) is 0 Å². The summed E-state index contributed by atoms with van der Waals surface area (Å²) in [6, 6.07) is 7.25. The van der Waals surface area contributed by atoms with Crippen LogP contribution >= 0.6 is 0 Å². The smallest absolute Gasteiger partial charge is 0.0409 e. The molecule has 0 aliphatic carbocycles. The monoisotopic (exact) mass is 247 g/mol. The minimum absolute atomic E-state index is 0.613. The van der Waals surface area contributed by atoms with Gasteiger partial charge in [-0.05, 0) is 45.0 Å². The van der Waals surface area contributed by atoms with Crippen LogP contribution in [-0.2, 0) is 6.54 Å². The van der Waals surface area contributed by atoms with E-state index in [1.807, 2.05) is 0 Å². The van der Waals surface area contributed by atoms with Crippen LogP contribution in [0, 0.1) is 6.92 Å². The Balaban J connectivity index is 2.10. The maximum Gasteiger partial charge on any atom is 0.0409 e. The quantitative estimate of drug-likeness (QED) is 0.883. The molecule has 0 saturated carbocycles. The molecule has 0 aromatic heterocycles. The number of hydrogen-bond donors (Lipinski definition) is 1. The van der Waals surface area contributed by atoms with Gasteiger partial charge in [0.25, 0.3) is 0 Å². The van der Waals surface area contributed by atoms with Crippen molar-refractivity contribution < 1.29 is 0 Å². The molecule has 1 saturated heterocycles. The van der Waals surface area contributed by atoms with Crippen molar-refractivity contribution in [2.24, 2.45) is 5.73 Å². The van der Waals surface area contributed by atoms with Crippen LogP contribution in [0.1, 0.15) is 24.0 Å². The van der Waals surface area contributed by atoms with Crippen LogP contribution in [0.25, 0.3) is 0 Å². The number of rotatable bonds is 4. The second-order valence-corrected chi connectivity index (χ2v) is 5.49. The van der Waals surface area contributed by atoms with Gasteiger partial charge < -0.3 is 15.5 Å². The van der Waals surface area contributed by atoms with Crippen molar-refractivity contribution in [3.05, 3.63) is 29.3 Å². The maximum absolute atomic E-state index is 5.86.